The molecule has 0 aliphatic heterocycles. The summed E-state index contributed by atoms with van der Waals surface area (Å²) in [6, 6.07) is 2.43. The van der Waals surface area contributed by atoms with E-state index in [1.807, 2.05) is 17.8 Å². The van der Waals surface area contributed by atoms with Crippen LogP contribution < -0.4 is 10.6 Å². The first kappa shape index (κ1) is 14.6. The lowest BCUT2D eigenvalue weighted by Crippen LogP contribution is -2.30. The molecule has 0 aliphatic rings. The van der Waals surface area contributed by atoms with Crippen molar-refractivity contribution in [3.8, 4) is 0 Å². The molecule has 0 fully saturated rings. The van der Waals surface area contributed by atoms with Gasteiger partial charge in [0.05, 0.1) is 5.02 Å². The van der Waals surface area contributed by atoms with Gasteiger partial charge in [0.25, 0.3) is 0 Å². The van der Waals surface area contributed by atoms with E-state index in [-0.39, 0.29) is 0 Å². The van der Waals surface area contributed by atoms with Gasteiger partial charge in [0.1, 0.15) is 5.82 Å². The first-order valence-corrected chi connectivity index (χ1v) is 7.43. The second-order valence-electron chi connectivity index (χ2n) is 4.08. The van der Waals surface area contributed by atoms with Gasteiger partial charge in [0.15, 0.2) is 0 Å². The molecule has 3 nitrogen and oxygen atoms in total. The summed E-state index contributed by atoms with van der Waals surface area (Å²) in [4.78, 5) is 6.52. The Labute approximate surface area is 113 Å². The quantitative estimate of drug-likeness (QED) is 0.865. The summed E-state index contributed by atoms with van der Waals surface area (Å²) in [7, 11) is 2.06. The Kier molecular flexibility index (Phi) is 6.09. The van der Waals surface area contributed by atoms with Gasteiger partial charge in [-0.1, -0.05) is 11.6 Å². The summed E-state index contributed by atoms with van der Waals surface area (Å²) in [5.74, 6) is 2.09. The second-order valence-corrected chi connectivity index (χ2v) is 5.47. The zero-order valence-corrected chi connectivity index (χ0v) is 12.2. The van der Waals surface area contributed by atoms with Gasteiger partial charge < -0.3 is 10.6 Å². The smallest absolute Gasteiger partial charge is 0.128 e. The molecule has 1 rings (SSSR count). The summed E-state index contributed by atoms with van der Waals surface area (Å²) in [6.45, 7) is 2.65. The minimum Gasteiger partial charge on any atom is -0.357 e. The highest BCUT2D eigenvalue weighted by atomic mass is 35.5. The summed E-state index contributed by atoms with van der Waals surface area (Å²) in [5.41, 5.74) is 6.59. The molecule has 1 unspecified atom stereocenters. The highest BCUT2D eigenvalue weighted by Gasteiger charge is 2.12. The number of anilines is 1. The normalized spacial score (nSPS) is 12.5. The van der Waals surface area contributed by atoms with Crippen LogP contribution >= 0.6 is 23.4 Å². The van der Waals surface area contributed by atoms with E-state index in [0.29, 0.717) is 17.6 Å². The zero-order valence-electron chi connectivity index (χ0n) is 10.6. The van der Waals surface area contributed by atoms with Crippen LogP contribution in [-0.2, 0) is 6.54 Å². The molecule has 0 amide bonds. The van der Waals surface area contributed by atoms with Crippen LogP contribution in [0.2, 0.25) is 5.02 Å². The monoisotopic (exact) mass is 273 g/mol. The van der Waals surface area contributed by atoms with Crippen molar-refractivity contribution in [2.24, 2.45) is 5.73 Å². The van der Waals surface area contributed by atoms with E-state index in [9.17, 15) is 0 Å². The molecule has 0 saturated carbocycles. The van der Waals surface area contributed by atoms with E-state index >= 15 is 0 Å². The van der Waals surface area contributed by atoms with Crippen molar-refractivity contribution >= 4 is 29.2 Å². The number of hydrogen-bond acceptors (Lipinski definition) is 4. The Morgan fingerprint density at radius 3 is 2.88 bits per heavy atom. The number of thioether (sulfide) groups is 1. The van der Waals surface area contributed by atoms with Crippen molar-refractivity contribution in [1.29, 1.82) is 0 Å². The fourth-order valence-corrected chi connectivity index (χ4v) is 2.28. The van der Waals surface area contributed by atoms with Crippen molar-refractivity contribution in [3.05, 3.63) is 22.8 Å². The maximum absolute atomic E-state index is 6.00. The summed E-state index contributed by atoms with van der Waals surface area (Å²) >= 11 is 7.86. The van der Waals surface area contributed by atoms with E-state index in [0.717, 1.165) is 23.6 Å². The Bertz CT molecular complexity index is 360. The predicted octanol–water partition coefficient (Wildman–Crippen LogP) is 2.77. The lowest BCUT2D eigenvalue weighted by atomic mass is 10.2. The number of nitrogens with two attached hydrogens (primary N) is 1. The maximum atomic E-state index is 6.00. The standard InChI is InChI=1S/C12H20ClN3S/c1-9(4-5-17-3)16(2)12-6-10(7-14)11(13)8-15-12/h6,8-9H,4-5,7,14H2,1-3H3. The van der Waals surface area contributed by atoms with E-state index in [4.69, 9.17) is 17.3 Å². The van der Waals surface area contributed by atoms with Gasteiger partial charge in [-0.2, -0.15) is 11.8 Å². The summed E-state index contributed by atoms with van der Waals surface area (Å²) in [6.07, 6.45) is 4.94. The Morgan fingerprint density at radius 2 is 2.29 bits per heavy atom. The summed E-state index contributed by atoms with van der Waals surface area (Å²) in [5, 5.41) is 0.640. The summed E-state index contributed by atoms with van der Waals surface area (Å²) < 4.78 is 0. The average molecular weight is 274 g/mol. The number of hydrogen-bond donors (Lipinski definition) is 1. The Balaban J connectivity index is 2.77. The molecular weight excluding hydrogens is 254 g/mol. The third-order valence-corrected chi connectivity index (χ3v) is 3.89. The van der Waals surface area contributed by atoms with E-state index < -0.39 is 0 Å². The number of pyridine rings is 1. The molecule has 0 radical (unpaired) electrons. The number of nitrogens with zero attached hydrogens (tertiary/aromatic N) is 2. The minimum absolute atomic E-state index is 0.446. The largest absolute Gasteiger partial charge is 0.357 e. The molecule has 0 saturated heterocycles. The highest BCUT2D eigenvalue weighted by Crippen LogP contribution is 2.21. The van der Waals surface area contributed by atoms with Crippen molar-refractivity contribution in [2.45, 2.75) is 25.9 Å². The molecular formula is C12H20ClN3S. The van der Waals surface area contributed by atoms with Crippen molar-refractivity contribution in [2.75, 3.05) is 24.0 Å². The van der Waals surface area contributed by atoms with Crippen LogP contribution in [0.1, 0.15) is 18.9 Å². The van der Waals surface area contributed by atoms with Crippen LogP contribution in [0.3, 0.4) is 0 Å². The molecule has 0 bridgehead atoms. The van der Waals surface area contributed by atoms with E-state index in [2.05, 4.69) is 30.1 Å². The van der Waals surface area contributed by atoms with Crippen molar-refractivity contribution in [1.82, 2.24) is 4.98 Å². The van der Waals surface area contributed by atoms with Crippen LogP contribution in [0.25, 0.3) is 0 Å². The number of aromatic nitrogens is 1. The van der Waals surface area contributed by atoms with Crippen LogP contribution in [0.15, 0.2) is 12.3 Å². The topological polar surface area (TPSA) is 42.1 Å². The van der Waals surface area contributed by atoms with Gasteiger partial charge in [-0.25, -0.2) is 4.98 Å². The first-order valence-electron chi connectivity index (χ1n) is 5.66. The maximum Gasteiger partial charge on any atom is 0.128 e. The first-order chi connectivity index (χ1) is 8.10. The molecule has 0 spiro atoms. The zero-order chi connectivity index (χ0) is 12.8. The Hall–Kier alpha value is -0.450. The van der Waals surface area contributed by atoms with Crippen molar-refractivity contribution in [3.63, 3.8) is 0 Å². The third-order valence-electron chi connectivity index (χ3n) is 2.90. The molecule has 17 heavy (non-hydrogen) atoms. The molecule has 1 aromatic rings. The van der Waals surface area contributed by atoms with Gasteiger partial charge in [-0.15, -0.1) is 0 Å². The van der Waals surface area contributed by atoms with Gasteiger partial charge >= 0.3 is 0 Å². The molecule has 1 aromatic heterocycles. The van der Waals surface area contributed by atoms with Crippen LogP contribution in [0.5, 0.6) is 0 Å². The van der Waals surface area contributed by atoms with Crippen LogP contribution in [-0.4, -0.2) is 30.1 Å². The lowest BCUT2D eigenvalue weighted by molar-refractivity contribution is 0.662. The molecule has 1 atom stereocenters. The van der Waals surface area contributed by atoms with Crippen LogP contribution in [0, 0.1) is 0 Å². The highest BCUT2D eigenvalue weighted by molar-refractivity contribution is 7.98. The van der Waals surface area contributed by atoms with E-state index in [1.54, 1.807) is 6.20 Å². The van der Waals surface area contributed by atoms with Crippen LogP contribution in [0.4, 0.5) is 5.82 Å². The molecule has 96 valence electrons. The fourth-order valence-electron chi connectivity index (χ4n) is 1.52. The van der Waals surface area contributed by atoms with E-state index in [1.165, 1.54) is 0 Å². The minimum atomic E-state index is 0.446. The second kappa shape index (κ2) is 7.09. The molecule has 1 heterocycles. The van der Waals surface area contributed by atoms with Gasteiger partial charge in [0, 0.05) is 25.8 Å². The SMILES string of the molecule is CSCCC(C)N(C)c1cc(CN)c(Cl)cn1. The molecule has 0 aliphatic carbocycles. The van der Waals surface area contributed by atoms with Crippen molar-refractivity contribution < 1.29 is 0 Å². The Morgan fingerprint density at radius 1 is 1.59 bits per heavy atom. The number of halogens is 1. The molecule has 2 N–H and O–H groups in total. The van der Waals surface area contributed by atoms with Gasteiger partial charge in [-0.05, 0) is 37.0 Å². The number of rotatable bonds is 6. The lowest BCUT2D eigenvalue weighted by Gasteiger charge is -2.26. The predicted molar refractivity (Wildman–Crippen MR) is 78.0 cm³/mol. The molecule has 0 aromatic carbocycles. The van der Waals surface area contributed by atoms with Gasteiger partial charge in [0.2, 0.25) is 0 Å². The third kappa shape index (κ3) is 4.05. The molecule has 5 heteroatoms. The van der Waals surface area contributed by atoms with Gasteiger partial charge in [-0.3, -0.25) is 0 Å². The fraction of sp³-hybridized carbons (Fsp3) is 0.583. The average Bonchev–Trinajstić information content (AvgIpc) is 2.35.